The third kappa shape index (κ3) is 7.02. The summed E-state index contributed by atoms with van der Waals surface area (Å²) < 4.78 is 0. The summed E-state index contributed by atoms with van der Waals surface area (Å²) in [5, 5.41) is 12.0. The molecule has 0 saturated carbocycles. The van der Waals surface area contributed by atoms with Crippen LogP contribution in [-0.4, -0.2) is 69.6 Å². The molecular formula is C32H34N6O3. The van der Waals surface area contributed by atoms with Crippen molar-refractivity contribution in [3.63, 3.8) is 0 Å². The smallest absolute Gasteiger partial charge is 0.274 e. The van der Waals surface area contributed by atoms with Gasteiger partial charge >= 0.3 is 0 Å². The van der Waals surface area contributed by atoms with Crippen LogP contribution in [0.15, 0.2) is 60.9 Å². The van der Waals surface area contributed by atoms with E-state index < -0.39 is 0 Å². The van der Waals surface area contributed by atoms with E-state index in [0.29, 0.717) is 37.1 Å². The van der Waals surface area contributed by atoms with Crippen LogP contribution in [0, 0.1) is 24.2 Å². The maximum absolute atomic E-state index is 13.0. The Bertz CT molecular complexity index is 1410. The molecule has 0 atom stereocenters. The number of amides is 2. The van der Waals surface area contributed by atoms with Crippen LogP contribution < -0.4 is 5.32 Å². The van der Waals surface area contributed by atoms with Crippen molar-refractivity contribution in [2.75, 3.05) is 26.2 Å². The SMILES string of the molecule is Cc1ccc(C(=O)C2CCN(C(=O)c3cnc(C(=O)NC4CCN(Cc5ccc(C#N)cc5)CC4)cn3)CC2)cc1. The van der Waals surface area contributed by atoms with Gasteiger partial charge in [0.2, 0.25) is 0 Å². The first kappa shape index (κ1) is 28.1. The monoisotopic (exact) mass is 550 g/mol. The Hall–Kier alpha value is -4.42. The molecule has 0 spiro atoms. The van der Waals surface area contributed by atoms with Gasteiger partial charge in [-0.1, -0.05) is 42.0 Å². The van der Waals surface area contributed by atoms with E-state index in [1.165, 1.54) is 12.4 Å². The molecule has 0 radical (unpaired) electrons. The van der Waals surface area contributed by atoms with Crippen LogP contribution >= 0.6 is 0 Å². The number of ketones is 1. The standard InChI is InChI=1S/C32H34N6O3/c1-22-2-8-25(9-3-22)30(39)26-10-16-38(17-11-26)32(41)29-20-34-28(19-35-29)31(40)36-27-12-14-37(15-13-27)21-24-6-4-23(18-33)5-7-24/h2-9,19-20,26-27H,10-17,21H2,1H3,(H,36,40). The first-order valence-corrected chi connectivity index (χ1v) is 14.1. The highest BCUT2D eigenvalue weighted by Crippen LogP contribution is 2.23. The number of hydrogen-bond acceptors (Lipinski definition) is 7. The third-order valence-corrected chi connectivity index (χ3v) is 8.00. The fourth-order valence-corrected chi connectivity index (χ4v) is 5.45. The predicted octanol–water partition coefficient (Wildman–Crippen LogP) is 3.79. The molecule has 3 heterocycles. The molecule has 2 amide bonds. The van der Waals surface area contributed by atoms with Gasteiger partial charge in [-0.2, -0.15) is 5.26 Å². The summed E-state index contributed by atoms with van der Waals surface area (Å²) in [6.45, 7) is 5.48. The van der Waals surface area contributed by atoms with Gasteiger partial charge in [0.05, 0.1) is 24.0 Å². The quantitative estimate of drug-likeness (QED) is 0.445. The van der Waals surface area contributed by atoms with Gasteiger partial charge in [0.25, 0.3) is 11.8 Å². The molecule has 5 rings (SSSR count). The van der Waals surface area contributed by atoms with Crippen LogP contribution in [-0.2, 0) is 6.54 Å². The first-order valence-electron chi connectivity index (χ1n) is 14.1. The largest absolute Gasteiger partial charge is 0.348 e. The van der Waals surface area contributed by atoms with E-state index in [0.717, 1.165) is 43.6 Å². The third-order valence-electron chi connectivity index (χ3n) is 8.00. The highest BCUT2D eigenvalue weighted by molar-refractivity contribution is 5.98. The summed E-state index contributed by atoms with van der Waals surface area (Å²) in [7, 11) is 0. The summed E-state index contributed by atoms with van der Waals surface area (Å²) in [5.74, 6) is -0.496. The molecule has 9 nitrogen and oxygen atoms in total. The number of nitrogens with zero attached hydrogens (tertiary/aromatic N) is 5. The van der Waals surface area contributed by atoms with Gasteiger partial charge in [-0.3, -0.25) is 19.3 Å². The molecule has 3 aromatic rings. The Morgan fingerprint density at radius 2 is 1.51 bits per heavy atom. The number of carbonyl (C=O) groups is 3. The van der Waals surface area contributed by atoms with Crippen LogP contribution in [0.5, 0.6) is 0 Å². The highest BCUT2D eigenvalue weighted by atomic mass is 16.2. The normalized spacial score (nSPS) is 16.6. The molecule has 2 aromatic carbocycles. The lowest BCUT2D eigenvalue weighted by Crippen LogP contribution is -2.44. The van der Waals surface area contributed by atoms with Crippen molar-refractivity contribution in [1.82, 2.24) is 25.1 Å². The number of carbonyl (C=O) groups excluding carboxylic acids is 3. The molecule has 0 unspecified atom stereocenters. The number of benzene rings is 2. The van der Waals surface area contributed by atoms with Crippen molar-refractivity contribution in [2.45, 2.75) is 45.2 Å². The molecule has 2 aliphatic heterocycles. The Morgan fingerprint density at radius 1 is 0.878 bits per heavy atom. The lowest BCUT2D eigenvalue weighted by atomic mass is 9.88. The van der Waals surface area contributed by atoms with Crippen molar-refractivity contribution < 1.29 is 14.4 Å². The Kier molecular flexibility index (Phi) is 8.80. The fraction of sp³-hybridized carbons (Fsp3) is 0.375. The molecule has 1 aromatic heterocycles. The first-order chi connectivity index (χ1) is 19.9. The topological polar surface area (TPSA) is 119 Å². The molecule has 1 N–H and O–H groups in total. The Morgan fingerprint density at radius 3 is 2.12 bits per heavy atom. The molecule has 210 valence electrons. The van der Waals surface area contributed by atoms with E-state index in [4.69, 9.17) is 5.26 Å². The minimum absolute atomic E-state index is 0.0479. The highest BCUT2D eigenvalue weighted by Gasteiger charge is 2.29. The summed E-state index contributed by atoms with van der Waals surface area (Å²) in [4.78, 5) is 51.1. The molecule has 41 heavy (non-hydrogen) atoms. The average molecular weight is 551 g/mol. The number of nitrogens with one attached hydrogen (secondary N) is 1. The summed E-state index contributed by atoms with van der Waals surface area (Å²) in [6, 6.07) is 17.4. The van der Waals surface area contributed by atoms with Gasteiger partial charge < -0.3 is 10.2 Å². The van der Waals surface area contributed by atoms with Gasteiger partial charge in [-0.05, 0) is 50.3 Å². The number of aromatic nitrogens is 2. The minimum atomic E-state index is -0.294. The average Bonchev–Trinajstić information content (AvgIpc) is 3.02. The number of rotatable bonds is 7. The van der Waals surface area contributed by atoms with Gasteiger partial charge in [-0.15, -0.1) is 0 Å². The van der Waals surface area contributed by atoms with E-state index in [-0.39, 0.29) is 40.9 Å². The zero-order valence-electron chi connectivity index (χ0n) is 23.3. The number of hydrogen-bond donors (Lipinski definition) is 1. The van der Waals surface area contributed by atoms with Gasteiger partial charge in [0, 0.05) is 50.2 Å². The molecular weight excluding hydrogens is 516 g/mol. The van der Waals surface area contributed by atoms with Crippen molar-refractivity contribution in [2.24, 2.45) is 5.92 Å². The molecule has 2 saturated heterocycles. The molecule has 2 fully saturated rings. The Labute approximate surface area is 240 Å². The summed E-state index contributed by atoms with van der Waals surface area (Å²) >= 11 is 0. The lowest BCUT2D eigenvalue weighted by Gasteiger charge is -2.32. The van der Waals surface area contributed by atoms with E-state index in [1.54, 1.807) is 4.90 Å². The van der Waals surface area contributed by atoms with Gasteiger partial charge in [-0.25, -0.2) is 9.97 Å². The van der Waals surface area contributed by atoms with E-state index in [2.05, 4.69) is 26.3 Å². The predicted molar refractivity (Wildman–Crippen MR) is 153 cm³/mol. The summed E-state index contributed by atoms with van der Waals surface area (Å²) in [6.07, 6.45) is 5.59. The molecule has 2 aliphatic rings. The van der Waals surface area contributed by atoms with Crippen molar-refractivity contribution in [1.29, 1.82) is 5.26 Å². The zero-order chi connectivity index (χ0) is 28.8. The van der Waals surface area contributed by atoms with Crippen LogP contribution in [0.3, 0.4) is 0 Å². The molecule has 0 bridgehead atoms. The number of aryl methyl sites for hydroxylation is 1. The molecule has 9 heteroatoms. The Balaban J connectivity index is 1.07. The van der Waals surface area contributed by atoms with E-state index >= 15 is 0 Å². The van der Waals surface area contributed by atoms with Crippen molar-refractivity contribution >= 4 is 17.6 Å². The maximum Gasteiger partial charge on any atom is 0.274 e. The fourth-order valence-electron chi connectivity index (χ4n) is 5.45. The number of likely N-dealkylation sites (tertiary alicyclic amines) is 2. The lowest BCUT2D eigenvalue weighted by molar-refractivity contribution is 0.0645. The maximum atomic E-state index is 13.0. The van der Waals surface area contributed by atoms with Crippen molar-refractivity contribution in [3.8, 4) is 6.07 Å². The van der Waals surface area contributed by atoms with Crippen LogP contribution in [0.25, 0.3) is 0 Å². The van der Waals surface area contributed by atoms with Crippen LogP contribution in [0.2, 0.25) is 0 Å². The van der Waals surface area contributed by atoms with Gasteiger partial charge in [0.15, 0.2) is 5.78 Å². The van der Waals surface area contributed by atoms with Crippen LogP contribution in [0.1, 0.15) is 73.7 Å². The van der Waals surface area contributed by atoms with Crippen LogP contribution in [0.4, 0.5) is 0 Å². The van der Waals surface area contributed by atoms with E-state index in [1.807, 2.05) is 55.5 Å². The van der Waals surface area contributed by atoms with E-state index in [9.17, 15) is 14.4 Å². The zero-order valence-corrected chi connectivity index (χ0v) is 23.3. The molecule has 0 aliphatic carbocycles. The second-order valence-electron chi connectivity index (χ2n) is 10.9. The minimum Gasteiger partial charge on any atom is -0.348 e. The van der Waals surface area contributed by atoms with Crippen molar-refractivity contribution in [3.05, 3.63) is 94.6 Å². The second kappa shape index (κ2) is 12.8. The number of nitriles is 1. The number of Topliss-reactive ketones (excluding diaryl/α,β-unsaturated/α-hetero) is 1. The van der Waals surface area contributed by atoms with Gasteiger partial charge in [0.1, 0.15) is 11.4 Å². The second-order valence-corrected chi connectivity index (χ2v) is 10.9. The number of piperidine rings is 2. The summed E-state index contributed by atoms with van der Waals surface area (Å²) in [5.41, 5.74) is 4.03.